The maximum absolute atomic E-state index is 10.8. The largest absolute Gasteiger partial charge is 0.478 e. The van der Waals surface area contributed by atoms with Crippen LogP contribution in [0.3, 0.4) is 0 Å². The molecule has 0 amide bonds. The SMILES string of the molecule is CCCN(CCC)c1ccc(C=C(C)C(=O)O)cc1. The lowest BCUT2D eigenvalue weighted by atomic mass is 10.1. The predicted octanol–water partition coefficient (Wildman–Crippen LogP) is 3.80. The number of carboxylic acids is 1. The minimum absolute atomic E-state index is 0.353. The Hall–Kier alpha value is -1.77. The third-order valence-corrected chi connectivity index (χ3v) is 2.97. The van der Waals surface area contributed by atoms with E-state index in [0.717, 1.165) is 31.5 Å². The molecule has 0 saturated heterocycles. The monoisotopic (exact) mass is 261 g/mol. The fourth-order valence-electron chi connectivity index (χ4n) is 2.00. The molecule has 0 aliphatic carbocycles. The van der Waals surface area contributed by atoms with Crippen LogP contribution in [0.2, 0.25) is 0 Å². The number of anilines is 1. The Balaban J connectivity index is 2.85. The minimum atomic E-state index is -0.873. The number of hydrogen-bond donors (Lipinski definition) is 1. The van der Waals surface area contributed by atoms with Crippen molar-refractivity contribution in [1.29, 1.82) is 0 Å². The summed E-state index contributed by atoms with van der Waals surface area (Å²) in [6.45, 7) is 8.07. The standard InChI is InChI=1S/C16H23NO2/c1-4-10-17(11-5-2)15-8-6-14(7-9-15)12-13(3)16(18)19/h6-9,12H,4-5,10-11H2,1-3H3,(H,18,19). The quantitative estimate of drug-likeness (QED) is 0.759. The topological polar surface area (TPSA) is 40.5 Å². The second kappa shape index (κ2) is 7.62. The van der Waals surface area contributed by atoms with E-state index in [4.69, 9.17) is 5.11 Å². The maximum atomic E-state index is 10.8. The van der Waals surface area contributed by atoms with Gasteiger partial charge < -0.3 is 10.0 Å². The summed E-state index contributed by atoms with van der Waals surface area (Å²) in [7, 11) is 0. The lowest BCUT2D eigenvalue weighted by Gasteiger charge is -2.23. The third kappa shape index (κ3) is 4.78. The van der Waals surface area contributed by atoms with Crippen molar-refractivity contribution >= 4 is 17.7 Å². The van der Waals surface area contributed by atoms with Gasteiger partial charge in [-0.3, -0.25) is 0 Å². The van der Waals surface area contributed by atoms with Crippen molar-refractivity contribution < 1.29 is 9.90 Å². The summed E-state index contributed by atoms with van der Waals surface area (Å²) in [5, 5.41) is 8.85. The van der Waals surface area contributed by atoms with Crippen LogP contribution in [0.1, 0.15) is 39.2 Å². The molecule has 0 atom stereocenters. The van der Waals surface area contributed by atoms with Crippen LogP contribution in [-0.2, 0) is 4.79 Å². The normalized spacial score (nSPS) is 11.4. The smallest absolute Gasteiger partial charge is 0.331 e. The number of benzene rings is 1. The van der Waals surface area contributed by atoms with Crippen molar-refractivity contribution in [3.63, 3.8) is 0 Å². The van der Waals surface area contributed by atoms with Gasteiger partial charge in [0.05, 0.1) is 0 Å². The van der Waals surface area contributed by atoms with E-state index >= 15 is 0 Å². The second-order valence-electron chi connectivity index (χ2n) is 4.71. The zero-order valence-electron chi connectivity index (χ0n) is 12.0. The van der Waals surface area contributed by atoms with Gasteiger partial charge in [-0.15, -0.1) is 0 Å². The highest BCUT2D eigenvalue weighted by Crippen LogP contribution is 2.17. The summed E-state index contributed by atoms with van der Waals surface area (Å²) in [6.07, 6.45) is 3.94. The second-order valence-corrected chi connectivity index (χ2v) is 4.71. The summed E-state index contributed by atoms with van der Waals surface area (Å²) in [5.41, 5.74) is 2.48. The maximum Gasteiger partial charge on any atom is 0.331 e. The Kier molecular flexibility index (Phi) is 6.13. The molecular weight excluding hydrogens is 238 g/mol. The van der Waals surface area contributed by atoms with Gasteiger partial charge in [-0.25, -0.2) is 4.79 Å². The van der Waals surface area contributed by atoms with Crippen molar-refractivity contribution in [3.05, 3.63) is 35.4 Å². The predicted molar refractivity (Wildman–Crippen MR) is 80.5 cm³/mol. The van der Waals surface area contributed by atoms with Crippen molar-refractivity contribution in [2.24, 2.45) is 0 Å². The average Bonchev–Trinajstić information content (AvgIpc) is 2.39. The molecule has 104 valence electrons. The van der Waals surface area contributed by atoms with E-state index < -0.39 is 5.97 Å². The van der Waals surface area contributed by atoms with E-state index in [1.54, 1.807) is 13.0 Å². The lowest BCUT2D eigenvalue weighted by Crippen LogP contribution is -2.24. The van der Waals surface area contributed by atoms with Crippen molar-refractivity contribution in [2.45, 2.75) is 33.6 Å². The number of aliphatic carboxylic acids is 1. The Morgan fingerprint density at radius 3 is 2.11 bits per heavy atom. The molecule has 1 aromatic carbocycles. The van der Waals surface area contributed by atoms with Gasteiger partial charge in [-0.2, -0.15) is 0 Å². The van der Waals surface area contributed by atoms with Crippen LogP contribution in [0.5, 0.6) is 0 Å². The number of hydrogen-bond acceptors (Lipinski definition) is 2. The highest BCUT2D eigenvalue weighted by molar-refractivity contribution is 5.91. The van der Waals surface area contributed by atoms with Crippen LogP contribution >= 0.6 is 0 Å². The van der Waals surface area contributed by atoms with E-state index in [1.807, 2.05) is 12.1 Å². The summed E-state index contributed by atoms with van der Waals surface area (Å²) in [6, 6.07) is 8.07. The van der Waals surface area contributed by atoms with Crippen LogP contribution in [0.25, 0.3) is 6.08 Å². The highest BCUT2D eigenvalue weighted by Gasteiger charge is 2.04. The summed E-state index contributed by atoms with van der Waals surface area (Å²) in [4.78, 5) is 13.1. The molecule has 0 spiro atoms. The number of carbonyl (C=O) groups is 1. The van der Waals surface area contributed by atoms with Crippen LogP contribution in [0.4, 0.5) is 5.69 Å². The molecule has 0 fully saturated rings. The van der Waals surface area contributed by atoms with E-state index in [-0.39, 0.29) is 0 Å². The van der Waals surface area contributed by atoms with Gasteiger partial charge in [0.2, 0.25) is 0 Å². The first-order chi connectivity index (χ1) is 9.08. The fraction of sp³-hybridized carbons (Fsp3) is 0.438. The average molecular weight is 261 g/mol. The molecule has 3 nitrogen and oxygen atoms in total. The molecule has 0 aromatic heterocycles. The number of carboxylic acid groups (broad SMARTS) is 1. The van der Waals surface area contributed by atoms with Gasteiger partial charge in [-0.05, 0) is 43.5 Å². The van der Waals surface area contributed by atoms with E-state index in [0.29, 0.717) is 5.57 Å². The lowest BCUT2D eigenvalue weighted by molar-refractivity contribution is -0.132. The summed E-state index contributed by atoms with van der Waals surface area (Å²) < 4.78 is 0. The summed E-state index contributed by atoms with van der Waals surface area (Å²) >= 11 is 0. The highest BCUT2D eigenvalue weighted by atomic mass is 16.4. The molecule has 1 N–H and O–H groups in total. The van der Waals surface area contributed by atoms with Gasteiger partial charge in [0.25, 0.3) is 0 Å². The van der Waals surface area contributed by atoms with Gasteiger partial charge >= 0.3 is 5.97 Å². The first kappa shape index (κ1) is 15.3. The first-order valence-electron chi connectivity index (χ1n) is 6.85. The van der Waals surface area contributed by atoms with Crippen molar-refractivity contribution in [3.8, 4) is 0 Å². The van der Waals surface area contributed by atoms with E-state index in [2.05, 4.69) is 30.9 Å². The Morgan fingerprint density at radius 2 is 1.68 bits per heavy atom. The Morgan fingerprint density at radius 1 is 1.16 bits per heavy atom. The molecule has 0 aliphatic rings. The molecule has 3 heteroatoms. The van der Waals surface area contributed by atoms with Crippen LogP contribution in [-0.4, -0.2) is 24.2 Å². The molecular formula is C16H23NO2. The van der Waals surface area contributed by atoms with Crippen LogP contribution in [0.15, 0.2) is 29.8 Å². The van der Waals surface area contributed by atoms with Crippen LogP contribution < -0.4 is 4.90 Å². The molecule has 0 unspecified atom stereocenters. The minimum Gasteiger partial charge on any atom is -0.478 e. The molecule has 19 heavy (non-hydrogen) atoms. The first-order valence-corrected chi connectivity index (χ1v) is 6.85. The molecule has 0 aliphatic heterocycles. The third-order valence-electron chi connectivity index (χ3n) is 2.97. The van der Waals surface area contributed by atoms with Gasteiger partial charge in [0, 0.05) is 24.4 Å². The molecule has 0 radical (unpaired) electrons. The van der Waals surface area contributed by atoms with Crippen LogP contribution in [0, 0.1) is 0 Å². The van der Waals surface area contributed by atoms with Crippen molar-refractivity contribution in [2.75, 3.05) is 18.0 Å². The molecule has 0 bridgehead atoms. The van der Waals surface area contributed by atoms with Gasteiger partial charge in [-0.1, -0.05) is 26.0 Å². The Labute approximate surface area is 115 Å². The van der Waals surface area contributed by atoms with E-state index in [1.165, 1.54) is 5.69 Å². The summed E-state index contributed by atoms with van der Waals surface area (Å²) in [5.74, 6) is -0.873. The Bertz CT molecular complexity index is 429. The van der Waals surface area contributed by atoms with Gasteiger partial charge in [0.1, 0.15) is 0 Å². The zero-order chi connectivity index (χ0) is 14.3. The molecule has 1 rings (SSSR count). The molecule has 0 saturated carbocycles. The number of rotatable bonds is 7. The molecule has 0 heterocycles. The number of nitrogens with zero attached hydrogens (tertiary/aromatic N) is 1. The molecule has 1 aromatic rings. The zero-order valence-corrected chi connectivity index (χ0v) is 12.0. The fourth-order valence-corrected chi connectivity index (χ4v) is 2.00. The van der Waals surface area contributed by atoms with Gasteiger partial charge in [0.15, 0.2) is 0 Å². The van der Waals surface area contributed by atoms with E-state index in [9.17, 15) is 4.79 Å². The van der Waals surface area contributed by atoms with Crippen molar-refractivity contribution in [1.82, 2.24) is 0 Å².